The molecule has 0 aromatic carbocycles. The van der Waals surface area contributed by atoms with Gasteiger partial charge in [0.2, 0.25) is 5.95 Å². The number of hydrogen-bond donors (Lipinski definition) is 1. The fourth-order valence-electron chi connectivity index (χ4n) is 3.24. The Balaban J connectivity index is 1.55. The standard InChI is InChI=1S/C12H17N3/c1-4-13-12(14-5-1)15-8-11-7-9-2-3-10(11)6-9/h1,4-5,9-11H,2-3,6-8H2,(H,13,14,15). The highest BCUT2D eigenvalue weighted by molar-refractivity contribution is 5.22. The Hall–Kier alpha value is -1.12. The van der Waals surface area contributed by atoms with Crippen molar-refractivity contribution < 1.29 is 0 Å². The van der Waals surface area contributed by atoms with E-state index in [2.05, 4.69) is 15.3 Å². The first-order valence-electron chi connectivity index (χ1n) is 5.92. The second-order valence-corrected chi connectivity index (χ2v) is 4.89. The zero-order chi connectivity index (χ0) is 10.1. The molecule has 80 valence electrons. The maximum atomic E-state index is 4.18. The van der Waals surface area contributed by atoms with Gasteiger partial charge in [-0.3, -0.25) is 0 Å². The first-order chi connectivity index (χ1) is 7.42. The summed E-state index contributed by atoms with van der Waals surface area (Å²) in [6.07, 6.45) is 9.40. The molecule has 1 N–H and O–H groups in total. The molecule has 2 aliphatic carbocycles. The predicted molar refractivity (Wildman–Crippen MR) is 59.5 cm³/mol. The van der Waals surface area contributed by atoms with Crippen LogP contribution in [0.5, 0.6) is 0 Å². The number of fused-ring (bicyclic) bond motifs is 2. The van der Waals surface area contributed by atoms with E-state index in [1.165, 1.54) is 25.7 Å². The molecule has 3 heteroatoms. The van der Waals surface area contributed by atoms with Gasteiger partial charge < -0.3 is 5.32 Å². The maximum absolute atomic E-state index is 4.18. The van der Waals surface area contributed by atoms with Crippen molar-refractivity contribution in [1.29, 1.82) is 0 Å². The molecule has 0 aliphatic heterocycles. The van der Waals surface area contributed by atoms with Crippen molar-refractivity contribution in [3.63, 3.8) is 0 Å². The van der Waals surface area contributed by atoms with Crippen LogP contribution in [0.15, 0.2) is 18.5 Å². The topological polar surface area (TPSA) is 37.8 Å². The SMILES string of the molecule is c1cnc(NCC2CC3CCC2C3)nc1. The van der Waals surface area contributed by atoms with Crippen molar-refractivity contribution in [2.24, 2.45) is 17.8 Å². The lowest BCUT2D eigenvalue weighted by atomic mass is 9.89. The van der Waals surface area contributed by atoms with E-state index < -0.39 is 0 Å². The molecule has 3 nitrogen and oxygen atoms in total. The van der Waals surface area contributed by atoms with Gasteiger partial charge >= 0.3 is 0 Å². The summed E-state index contributed by atoms with van der Waals surface area (Å²) in [7, 11) is 0. The van der Waals surface area contributed by atoms with Gasteiger partial charge in [-0.05, 0) is 43.1 Å². The van der Waals surface area contributed by atoms with Gasteiger partial charge in [-0.15, -0.1) is 0 Å². The molecule has 3 unspecified atom stereocenters. The predicted octanol–water partition coefficient (Wildman–Crippen LogP) is 2.32. The van der Waals surface area contributed by atoms with E-state index in [-0.39, 0.29) is 0 Å². The minimum Gasteiger partial charge on any atom is -0.354 e. The zero-order valence-corrected chi connectivity index (χ0v) is 8.89. The molecule has 0 spiro atoms. The largest absolute Gasteiger partial charge is 0.354 e. The van der Waals surface area contributed by atoms with E-state index in [0.717, 1.165) is 30.2 Å². The molecule has 3 atom stereocenters. The quantitative estimate of drug-likeness (QED) is 0.819. The third-order valence-corrected chi connectivity index (χ3v) is 3.97. The Morgan fingerprint density at radius 3 is 2.73 bits per heavy atom. The monoisotopic (exact) mass is 203 g/mol. The van der Waals surface area contributed by atoms with Crippen molar-refractivity contribution in [2.75, 3.05) is 11.9 Å². The average molecular weight is 203 g/mol. The van der Waals surface area contributed by atoms with Gasteiger partial charge in [0.25, 0.3) is 0 Å². The van der Waals surface area contributed by atoms with Gasteiger partial charge in [-0.25, -0.2) is 9.97 Å². The normalized spacial score (nSPS) is 33.2. The summed E-state index contributed by atoms with van der Waals surface area (Å²) in [6.45, 7) is 1.06. The van der Waals surface area contributed by atoms with E-state index in [1.807, 2.05) is 6.07 Å². The molecule has 0 saturated heterocycles. The molecule has 2 bridgehead atoms. The highest BCUT2D eigenvalue weighted by Crippen LogP contribution is 2.48. The van der Waals surface area contributed by atoms with Gasteiger partial charge in [0, 0.05) is 18.9 Å². The highest BCUT2D eigenvalue weighted by atomic mass is 15.1. The lowest BCUT2D eigenvalue weighted by Crippen LogP contribution is -2.20. The Morgan fingerprint density at radius 2 is 2.07 bits per heavy atom. The van der Waals surface area contributed by atoms with Gasteiger partial charge in [-0.1, -0.05) is 6.42 Å². The van der Waals surface area contributed by atoms with Crippen LogP contribution in [0, 0.1) is 17.8 Å². The van der Waals surface area contributed by atoms with Crippen molar-refractivity contribution in [3.05, 3.63) is 18.5 Å². The van der Waals surface area contributed by atoms with Crippen LogP contribution < -0.4 is 5.32 Å². The van der Waals surface area contributed by atoms with Crippen molar-refractivity contribution in [2.45, 2.75) is 25.7 Å². The van der Waals surface area contributed by atoms with Crippen LogP contribution in [0.4, 0.5) is 5.95 Å². The summed E-state index contributed by atoms with van der Waals surface area (Å²) in [5.74, 6) is 3.65. The lowest BCUT2D eigenvalue weighted by Gasteiger charge is -2.21. The van der Waals surface area contributed by atoms with E-state index in [1.54, 1.807) is 12.4 Å². The summed E-state index contributed by atoms with van der Waals surface area (Å²) in [6, 6.07) is 1.85. The average Bonchev–Trinajstić information content (AvgIpc) is 2.89. The smallest absolute Gasteiger partial charge is 0.222 e. The van der Waals surface area contributed by atoms with Crippen LogP contribution in [0.25, 0.3) is 0 Å². The molecule has 15 heavy (non-hydrogen) atoms. The van der Waals surface area contributed by atoms with Crippen LogP contribution >= 0.6 is 0 Å². The fraction of sp³-hybridized carbons (Fsp3) is 0.667. The molecule has 1 aromatic heterocycles. The second-order valence-electron chi connectivity index (χ2n) is 4.89. The molecule has 0 radical (unpaired) electrons. The van der Waals surface area contributed by atoms with Gasteiger partial charge in [0.1, 0.15) is 0 Å². The molecule has 2 fully saturated rings. The van der Waals surface area contributed by atoms with Crippen LogP contribution in [0.1, 0.15) is 25.7 Å². The molecular weight excluding hydrogens is 186 g/mol. The summed E-state index contributed by atoms with van der Waals surface area (Å²) < 4.78 is 0. The number of hydrogen-bond acceptors (Lipinski definition) is 3. The van der Waals surface area contributed by atoms with E-state index in [0.29, 0.717) is 0 Å². The summed E-state index contributed by atoms with van der Waals surface area (Å²) in [4.78, 5) is 8.36. The number of rotatable bonds is 3. The lowest BCUT2D eigenvalue weighted by molar-refractivity contribution is 0.348. The van der Waals surface area contributed by atoms with Crippen molar-refractivity contribution >= 4 is 5.95 Å². The van der Waals surface area contributed by atoms with E-state index in [4.69, 9.17) is 0 Å². The molecule has 2 saturated carbocycles. The number of anilines is 1. The Labute approximate surface area is 90.3 Å². The Bertz CT molecular complexity index is 325. The minimum atomic E-state index is 0.778. The number of nitrogens with zero attached hydrogens (tertiary/aromatic N) is 2. The Kier molecular flexibility index (Phi) is 2.31. The molecule has 0 amide bonds. The van der Waals surface area contributed by atoms with E-state index >= 15 is 0 Å². The number of nitrogens with one attached hydrogen (secondary N) is 1. The first-order valence-corrected chi connectivity index (χ1v) is 5.92. The third kappa shape index (κ3) is 1.83. The number of aromatic nitrogens is 2. The fourth-order valence-corrected chi connectivity index (χ4v) is 3.24. The molecule has 2 aliphatic rings. The molecule has 1 aromatic rings. The van der Waals surface area contributed by atoms with Gasteiger partial charge in [0.15, 0.2) is 0 Å². The Morgan fingerprint density at radius 1 is 1.20 bits per heavy atom. The maximum Gasteiger partial charge on any atom is 0.222 e. The first kappa shape index (κ1) is 9.13. The van der Waals surface area contributed by atoms with E-state index in [9.17, 15) is 0 Å². The van der Waals surface area contributed by atoms with Gasteiger partial charge in [-0.2, -0.15) is 0 Å². The second kappa shape index (κ2) is 3.80. The summed E-state index contributed by atoms with van der Waals surface area (Å²) in [5, 5.41) is 3.35. The van der Waals surface area contributed by atoms with Crippen molar-refractivity contribution in [3.8, 4) is 0 Å². The highest BCUT2D eigenvalue weighted by Gasteiger charge is 2.39. The minimum absolute atomic E-state index is 0.778. The van der Waals surface area contributed by atoms with Crippen LogP contribution in [0.3, 0.4) is 0 Å². The van der Waals surface area contributed by atoms with Crippen LogP contribution in [-0.2, 0) is 0 Å². The van der Waals surface area contributed by atoms with Crippen molar-refractivity contribution in [1.82, 2.24) is 9.97 Å². The molecule has 1 heterocycles. The summed E-state index contributed by atoms with van der Waals surface area (Å²) in [5.41, 5.74) is 0. The molecular formula is C12H17N3. The summed E-state index contributed by atoms with van der Waals surface area (Å²) >= 11 is 0. The molecule has 3 rings (SSSR count). The van der Waals surface area contributed by atoms with Crippen LogP contribution in [-0.4, -0.2) is 16.5 Å². The van der Waals surface area contributed by atoms with Crippen LogP contribution in [0.2, 0.25) is 0 Å². The zero-order valence-electron chi connectivity index (χ0n) is 8.89. The third-order valence-electron chi connectivity index (χ3n) is 3.97. The van der Waals surface area contributed by atoms with Gasteiger partial charge in [0.05, 0.1) is 0 Å².